The number of hydrogen-bond acceptors (Lipinski definition) is 2. The molecule has 2 rings (SSSR count). The smallest absolute Gasteiger partial charge is 0.202 e. The molecule has 20 heavy (non-hydrogen) atoms. The van der Waals surface area contributed by atoms with Crippen LogP contribution in [-0.2, 0) is 6.54 Å². The van der Waals surface area contributed by atoms with E-state index in [0.717, 1.165) is 28.0 Å². The van der Waals surface area contributed by atoms with Crippen molar-refractivity contribution < 1.29 is 9.53 Å². The van der Waals surface area contributed by atoms with E-state index in [1.165, 1.54) is 0 Å². The van der Waals surface area contributed by atoms with Crippen LogP contribution in [0, 0.1) is 13.8 Å². The normalized spacial score (nSPS) is 10.6. The van der Waals surface area contributed by atoms with Crippen LogP contribution in [-0.4, -0.2) is 17.0 Å². The fraction of sp³-hybridized carbons (Fsp3) is 0.312. The Bertz CT molecular complexity index is 631. The highest BCUT2D eigenvalue weighted by Crippen LogP contribution is 2.24. The van der Waals surface area contributed by atoms with E-state index in [1.807, 2.05) is 44.2 Å². The minimum Gasteiger partial charge on any atom is -0.484 e. The Morgan fingerprint density at radius 3 is 2.60 bits per heavy atom. The van der Waals surface area contributed by atoms with Crippen molar-refractivity contribution in [2.45, 2.75) is 27.3 Å². The lowest BCUT2D eigenvalue weighted by Gasteiger charge is -2.08. The zero-order valence-electron chi connectivity index (χ0n) is 11.9. The summed E-state index contributed by atoms with van der Waals surface area (Å²) in [5, 5.41) is 0. The standard InChI is InChI=1S/C16H18BrNO2/c1-4-18-11(2)9-13(12(18)3)15(19)10-20-16-8-6-5-7-14(16)17/h5-9H,4,10H2,1-3H3. The first-order valence-corrected chi connectivity index (χ1v) is 7.41. The number of ether oxygens (including phenoxy) is 1. The molecular weight excluding hydrogens is 318 g/mol. The molecule has 2 aromatic rings. The monoisotopic (exact) mass is 335 g/mol. The number of rotatable bonds is 5. The minimum absolute atomic E-state index is 0.00792. The Hall–Kier alpha value is -1.55. The summed E-state index contributed by atoms with van der Waals surface area (Å²) < 4.78 is 8.57. The van der Waals surface area contributed by atoms with Gasteiger partial charge in [0, 0.05) is 23.5 Å². The largest absolute Gasteiger partial charge is 0.484 e. The molecule has 0 N–H and O–H groups in total. The van der Waals surface area contributed by atoms with Crippen molar-refractivity contribution in [3.8, 4) is 5.75 Å². The predicted octanol–water partition coefficient (Wildman–Crippen LogP) is 4.15. The summed E-state index contributed by atoms with van der Waals surface area (Å²) in [5.74, 6) is 0.693. The molecule has 0 aliphatic carbocycles. The fourth-order valence-electron chi connectivity index (χ4n) is 2.35. The molecule has 3 nitrogen and oxygen atoms in total. The van der Waals surface area contributed by atoms with Crippen molar-refractivity contribution in [1.29, 1.82) is 0 Å². The van der Waals surface area contributed by atoms with E-state index in [-0.39, 0.29) is 12.4 Å². The number of para-hydroxylation sites is 1. The lowest BCUT2D eigenvalue weighted by atomic mass is 10.1. The summed E-state index contributed by atoms with van der Waals surface area (Å²) in [4.78, 5) is 12.3. The van der Waals surface area contributed by atoms with Crippen LogP contribution in [0.5, 0.6) is 5.75 Å². The maximum Gasteiger partial charge on any atom is 0.202 e. The molecule has 106 valence electrons. The minimum atomic E-state index is 0.00792. The third kappa shape index (κ3) is 2.96. The van der Waals surface area contributed by atoms with E-state index in [1.54, 1.807) is 0 Å². The van der Waals surface area contributed by atoms with Gasteiger partial charge in [0.1, 0.15) is 5.75 Å². The Balaban J connectivity index is 2.12. The fourth-order valence-corrected chi connectivity index (χ4v) is 2.75. The van der Waals surface area contributed by atoms with Crippen LogP contribution in [0.4, 0.5) is 0 Å². The van der Waals surface area contributed by atoms with Crippen LogP contribution >= 0.6 is 15.9 Å². The Kier molecular flexibility index (Phi) is 4.65. The van der Waals surface area contributed by atoms with Gasteiger partial charge in [0.2, 0.25) is 5.78 Å². The quantitative estimate of drug-likeness (QED) is 0.768. The highest BCUT2D eigenvalue weighted by molar-refractivity contribution is 9.10. The van der Waals surface area contributed by atoms with Gasteiger partial charge in [-0.1, -0.05) is 12.1 Å². The van der Waals surface area contributed by atoms with E-state index < -0.39 is 0 Å². The zero-order chi connectivity index (χ0) is 14.7. The van der Waals surface area contributed by atoms with Gasteiger partial charge in [-0.05, 0) is 54.9 Å². The SMILES string of the molecule is CCn1c(C)cc(C(=O)COc2ccccc2Br)c1C. The van der Waals surface area contributed by atoms with Gasteiger partial charge in [-0.3, -0.25) is 4.79 Å². The number of aryl methyl sites for hydroxylation is 1. The van der Waals surface area contributed by atoms with Crippen molar-refractivity contribution in [1.82, 2.24) is 4.57 Å². The van der Waals surface area contributed by atoms with Crippen molar-refractivity contribution in [3.63, 3.8) is 0 Å². The molecule has 4 heteroatoms. The molecule has 1 heterocycles. The van der Waals surface area contributed by atoms with Crippen molar-refractivity contribution in [2.75, 3.05) is 6.61 Å². The number of halogens is 1. The number of hydrogen-bond donors (Lipinski definition) is 0. The lowest BCUT2D eigenvalue weighted by molar-refractivity contribution is 0.0920. The molecule has 0 bridgehead atoms. The van der Waals surface area contributed by atoms with E-state index >= 15 is 0 Å². The Labute approximate surface area is 127 Å². The molecule has 0 fully saturated rings. The summed E-state index contributed by atoms with van der Waals surface area (Å²) in [5.41, 5.74) is 2.86. The van der Waals surface area contributed by atoms with Crippen molar-refractivity contribution >= 4 is 21.7 Å². The molecule has 0 aliphatic rings. The number of aromatic nitrogens is 1. The second-order valence-corrected chi connectivity index (χ2v) is 5.53. The third-order valence-corrected chi connectivity index (χ3v) is 4.04. The van der Waals surface area contributed by atoms with Crippen LogP contribution in [0.3, 0.4) is 0 Å². The molecule has 1 aromatic carbocycles. The van der Waals surface area contributed by atoms with Crippen molar-refractivity contribution in [2.24, 2.45) is 0 Å². The van der Waals surface area contributed by atoms with Gasteiger partial charge >= 0.3 is 0 Å². The molecule has 0 aliphatic heterocycles. The highest BCUT2D eigenvalue weighted by atomic mass is 79.9. The van der Waals surface area contributed by atoms with Crippen LogP contribution in [0.2, 0.25) is 0 Å². The summed E-state index contributed by atoms with van der Waals surface area (Å²) in [7, 11) is 0. The van der Waals surface area contributed by atoms with Crippen LogP contribution in [0.25, 0.3) is 0 Å². The Morgan fingerprint density at radius 1 is 1.30 bits per heavy atom. The first kappa shape index (κ1) is 14.9. The summed E-state index contributed by atoms with van der Waals surface area (Å²) in [6.07, 6.45) is 0. The van der Waals surface area contributed by atoms with Crippen LogP contribution in [0.1, 0.15) is 28.7 Å². The molecule has 0 spiro atoms. The number of carbonyl (C=O) groups excluding carboxylic acids is 1. The summed E-state index contributed by atoms with van der Waals surface area (Å²) >= 11 is 3.40. The average Bonchev–Trinajstić information content (AvgIpc) is 2.72. The number of Topliss-reactive ketones (excluding diaryl/α,β-unsaturated/α-hetero) is 1. The van der Waals surface area contributed by atoms with E-state index in [4.69, 9.17) is 4.74 Å². The van der Waals surface area contributed by atoms with Gasteiger partial charge in [0.15, 0.2) is 6.61 Å². The molecular formula is C16H18BrNO2. The maximum absolute atomic E-state index is 12.3. The van der Waals surface area contributed by atoms with Crippen LogP contribution in [0.15, 0.2) is 34.8 Å². The predicted molar refractivity (Wildman–Crippen MR) is 83.5 cm³/mol. The second-order valence-electron chi connectivity index (χ2n) is 4.67. The molecule has 1 aromatic heterocycles. The van der Waals surface area contributed by atoms with Gasteiger partial charge in [0.05, 0.1) is 4.47 Å². The maximum atomic E-state index is 12.3. The van der Waals surface area contributed by atoms with Gasteiger partial charge in [-0.25, -0.2) is 0 Å². The molecule has 0 amide bonds. The number of benzene rings is 1. The first-order valence-electron chi connectivity index (χ1n) is 6.61. The number of nitrogens with zero attached hydrogens (tertiary/aromatic N) is 1. The number of carbonyl (C=O) groups is 1. The highest BCUT2D eigenvalue weighted by Gasteiger charge is 2.15. The molecule has 0 unspecified atom stereocenters. The first-order chi connectivity index (χ1) is 9.54. The Morgan fingerprint density at radius 2 is 2.00 bits per heavy atom. The summed E-state index contributed by atoms with van der Waals surface area (Å²) in [6, 6.07) is 9.46. The second kappa shape index (κ2) is 6.27. The van der Waals surface area contributed by atoms with Gasteiger partial charge in [-0.2, -0.15) is 0 Å². The average molecular weight is 336 g/mol. The third-order valence-electron chi connectivity index (χ3n) is 3.39. The van der Waals surface area contributed by atoms with Crippen molar-refractivity contribution in [3.05, 3.63) is 51.8 Å². The van der Waals surface area contributed by atoms with Gasteiger partial charge in [0.25, 0.3) is 0 Å². The molecule has 0 radical (unpaired) electrons. The topological polar surface area (TPSA) is 31.2 Å². The lowest BCUT2D eigenvalue weighted by Crippen LogP contribution is -2.13. The van der Waals surface area contributed by atoms with E-state index in [9.17, 15) is 4.79 Å². The van der Waals surface area contributed by atoms with Gasteiger partial charge < -0.3 is 9.30 Å². The molecule has 0 saturated heterocycles. The van der Waals surface area contributed by atoms with E-state index in [0.29, 0.717) is 5.75 Å². The zero-order valence-corrected chi connectivity index (χ0v) is 13.5. The summed E-state index contributed by atoms with van der Waals surface area (Å²) in [6.45, 7) is 6.99. The van der Waals surface area contributed by atoms with Crippen LogP contribution < -0.4 is 4.74 Å². The van der Waals surface area contributed by atoms with E-state index in [2.05, 4.69) is 27.4 Å². The molecule has 0 atom stereocenters. The number of ketones is 1. The van der Waals surface area contributed by atoms with Gasteiger partial charge in [-0.15, -0.1) is 0 Å². The molecule has 0 saturated carbocycles.